The van der Waals surface area contributed by atoms with Gasteiger partial charge in [0.2, 0.25) is 0 Å². The van der Waals surface area contributed by atoms with Gasteiger partial charge < -0.3 is 9.64 Å². The maximum Gasteiger partial charge on any atom is 0.257 e. The molecule has 3 aromatic rings. The molecule has 9 heteroatoms. The predicted molar refractivity (Wildman–Crippen MR) is 108 cm³/mol. The molecular formula is C20H21ClN6O2. The van der Waals surface area contributed by atoms with Gasteiger partial charge in [0.1, 0.15) is 5.75 Å². The summed E-state index contributed by atoms with van der Waals surface area (Å²) in [6.07, 6.45) is 0. The van der Waals surface area contributed by atoms with Gasteiger partial charge in [-0.3, -0.25) is 9.69 Å². The van der Waals surface area contributed by atoms with E-state index in [-0.39, 0.29) is 5.91 Å². The molecule has 0 saturated carbocycles. The van der Waals surface area contributed by atoms with E-state index in [1.54, 1.807) is 23.9 Å². The molecular weight excluding hydrogens is 392 g/mol. The van der Waals surface area contributed by atoms with Crippen LogP contribution in [0, 0.1) is 0 Å². The van der Waals surface area contributed by atoms with Crippen LogP contribution in [-0.4, -0.2) is 69.2 Å². The number of tetrazole rings is 1. The molecule has 1 fully saturated rings. The summed E-state index contributed by atoms with van der Waals surface area (Å²) < 4.78 is 7.03. The average Bonchev–Trinajstić information content (AvgIpc) is 3.22. The Morgan fingerprint density at radius 3 is 2.52 bits per heavy atom. The zero-order valence-corrected chi connectivity index (χ0v) is 16.8. The molecule has 0 N–H and O–H groups in total. The molecule has 29 heavy (non-hydrogen) atoms. The van der Waals surface area contributed by atoms with E-state index < -0.39 is 0 Å². The molecule has 0 aliphatic carbocycles. The summed E-state index contributed by atoms with van der Waals surface area (Å²) in [5, 5.41) is 12.7. The van der Waals surface area contributed by atoms with Gasteiger partial charge in [-0.15, -0.1) is 5.10 Å². The van der Waals surface area contributed by atoms with Crippen LogP contribution in [-0.2, 0) is 6.54 Å². The van der Waals surface area contributed by atoms with Crippen molar-refractivity contribution in [2.75, 3.05) is 33.3 Å². The summed E-state index contributed by atoms with van der Waals surface area (Å²) in [7, 11) is 1.58. The van der Waals surface area contributed by atoms with E-state index in [1.165, 1.54) is 0 Å². The number of amides is 1. The van der Waals surface area contributed by atoms with Crippen molar-refractivity contribution in [1.29, 1.82) is 0 Å². The van der Waals surface area contributed by atoms with Crippen LogP contribution in [0.5, 0.6) is 5.75 Å². The van der Waals surface area contributed by atoms with Gasteiger partial charge in [0, 0.05) is 31.2 Å². The molecule has 1 aromatic heterocycles. The van der Waals surface area contributed by atoms with E-state index in [0.717, 1.165) is 24.6 Å². The summed E-state index contributed by atoms with van der Waals surface area (Å²) >= 11 is 5.96. The van der Waals surface area contributed by atoms with E-state index in [9.17, 15) is 4.79 Å². The zero-order chi connectivity index (χ0) is 20.2. The monoisotopic (exact) mass is 412 g/mol. The minimum atomic E-state index is -0.00639. The van der Waals surface area contributed by atoms with Crippen LogP contribution in [0.1, 0.15) is 16.2 Å². The highest BCUT2D eigenvalue weighted by molar-refractivity contribution is 6.30. The van der Waals surface area contributed by atoms with Crippen LogP contribution >= 0.6 is 11.6 Å². The number of hydrogen-bond donors (Lipinski definition) is 0. The minimum absolute atomic E-state index is 0.00639. The van der Waals surface area contributed by atoms with Gasteiger partial charge in [-0.05, 0) is 46.8 Å². The molecule has 0 radical (unpaired) electrons. The fraction of sp³-hybridized carbons (Fsp3) is 0.300. The van der Waals surface area contributed by atoms with E-state index in [2.05, 4.69) is 20.4 Å². The quantitative estimate of drug-likeness (QED) is 0.640. The SMILES string of the molecule is COc1ccccc1C(=O)N1CCN(Cc2nnnn2-c2ccc(Cl)cc2)CC1. The van der Waals surface area contributed by atoms with Crippen molar-refractivity contribution in [3.8, 4) is 11.4 Å². The third kappa shape index (κ3) is 4.23. The lowest BCUT2D eigenvalue weighted by molar-refractivity contribution is 0.0621. The van der Waals surface area contributed by atoms with E-state index in [4.69, 9.17) is 16.3 Å². The Balaban J connectivity index is 1.39. The van der Waals surface area contributed by atoms with E-state index in [0.29, 0.717) is 36.0 Å². The number of rotatable bonds is 5. The Labute approximate surface area is 173 Å². The first-order valence-corrected chi connectivity index (χ1v) is 9.71. The van der Waals surface area contributed by atoms with E-state index >= 15 is 0 Å². The van der Waals surface area contributed by atoms with Crippen molar-refractivity contribution in [2.45, 2.75) is 6.54 Å². The Morgan fingerprint density at radius 2 is 1.79 bits per heavy atom. The molecule has 8 nitrogen and oxygen atoms in total. The maximum atomic E-state index is 12.8. The number of aromatic nitrogens is 4. The van der Waals surface area contributed by atoms with Gasteiger partial charge in [-0.25, -0.2) is 0 Å². The number of para-hydroxylation sites is 1. The first kappa shape index (κ1) is 19.4. The fourth-order valence-electron chi connectivity index (χ4n) is 3.39. The van der Waals surface area contributed by atoms with Gasteiger partial charge in [0.25, 0.3) is 5.91 Å². The smallest absolute Gasteiger partial charge is 0.257 e. The molecule has 2 heterocycles. The molecule has 1 aliphatic rings. The van der Waals surface area contributed by atoms with Crippen LogP contribution in [0.15, 0.2) is 48.5 Å². The normalized spacial score (nSPS) is 14.8. The lowest BCUT2D eigenvalue weighted by Crippen LogP contribution is -2.48. The third-order valence-electron chi connectivity index (χ3n) is 4.97. The number of benzene rings is 2. The number of carbonyl (C=O) groups is 1. The topological polar surface area (TPSA) is 76.4 Å². The molecule has 0 bridgehead atoms. The van der Waals surface area contributed by atoms with Crippen LogP contribution in [0.3, 0.4) is 0 Å². The molecule has 0 unspecified atom stereocenters. The summed E-state index contributed by atoms with van der Waals surface area (Å²) in [6, 6.07) is 14.7. The molecule has 4 rings (SSSR count). The number of methoxy groups -OCH3 is 1. The fourth-order valence-corrected chi connectivity index (χ4v) is 3.51. The zero-order valence-electron chi connectivity index (χ0n) is 16.0. The molecule has 0 spiro atoms. The molecule has 1 amide bonds. The lowest BCUT2D eigenvalue weighted by Gasteiger charge is -2.34. The first-order valence-electron chi connectivity index (χ1n) is 9.33. The van der Waals surface area contributed by atoms with Crippen LogP contribution in [0.25, 0.3) is 5.69 Å². The Bertz CT molecular complexity index is 983. The third-order valence-corrected chi connectivity index (χ3v) is 5.22. The van der Waals surface area contributed by atoms with Gasteiger partial charge >= 0.3 is 0 Å². The van der Waals surface area contributed by atoms with Gasteiger partial charge in [-0.1, -0.05) is 23.7 Å². The van der Waals surface area contributed by atoms with Crippen LogP contribution in [0.4, 0.5) is 0 Å². The Morgan fingerprint density at radius 1 is 1.07 bits per heavy atom. The second kappa shape index (κ2) is 8.59. The largest absolute Gasteiger partial charge is 0.496 e. The van der Waals surface area contributed by atoms with Gasteiger partial charge in [0.15, 0.2) is 5.82 Å². The maximum absolute atomic E-state index is 12.8. The standard InChI is InChI=1S/C20H21ClN6O2/c1-29-18-5-3-2-4-17(18)20(28)26-12-10-25(11-13-26)14-19-22-23-24-27(19)16-8-6-15(21)7-9-16/h2-9H,10-14H2,1H3. The van der Waals surface area contributed by atoms with Gasteiger partial charge in [0.05, 0.1) is 24.9 Å². The number of hydrogen-bond acceptors (Lipinski definition) is 6. The molecule has 2 aromatic carbocycles. The summed E-state index contributed by atoms with van der Waals surface area (Å²) in [6.45, 7) is 3.37. The molecule has 1 saturated heterocycles. The number of carbonyl (C=O) groups excluding carboxylic acids is 1. The summed E-state index contributed by atoms with van der Waals surface area (Å²) in [4.78, 5) is 16.9. The highest BCUT2D eigenvalue weighted by atomic mass is 35.5. The number of piperazine rings is 1. The Hall–Kier alpha value is -2.97. The van der Waals surface area contributed by atoms with Crippen molar-refractivity contribution in [3.63, 3.8) is 0 Å². The van der Waals surface area contributed by atoms with Crippen molar-refractivity contribution >= 4 is 17.5 Å². The number of ether oxygens (including phenoxy) is 1. The molecule has 0 atom stereocenters. The van der Waals surface area contributed by atoms with Crippen molar-refractivity contribution in [1.82, 2.24) is 30.0 Å². The van der Waals surface area contributed by atoms with E-state index in [1.807, 2.05) is 41.3 Å². The highest BCUT2D eigenvalue weighted by Crippen LogP contribution is 2.20. The highest BCUT2D eigenvalue weighted by Gasteiger charge is 2.25. The van der Waals surface area contributed by atoms with Crippen LogP contribution < -0.4 is 4.74 Å². The minimum Gasteiger partial charge on any atom is -0.496 e. The number of nitrogens with zero attached hydrogens (tertiary/aromatic N) is 6. The lowest BCUT2D eigenvalue weighted by atomic mass is 10.1. The van der Waals surface area contributed by atoms with Crippen molar-refractivity contribution < 1.29 is 9.53 Å². The second-order valence-electron chi connectivity index (χ2n) is 6.75. The second-order valence-corrected chi connectivity index (χ2v) is 7.19. The van der Waals surface area contributed by atoms with Crippen LogP contribution in [0.2, 0.25) is 5.02 Å². The van der Waals surface area contributed by atoms with Crippen molar-refractivity contribution in [2.24, 2.45) is 0 Å². The number of halogens is 1. The van der Waals surface area contributed by atoms with Gasteiger partial charge in [-0.2, -0.15) is 4.68 Å². The molecule has 1 aliphatic heterocycles. The first-order chi connectivity index (χ1) is 14.2. The predicted octanol–water partition coefficient (Wildman–Crippen LogP) is 2.28. The summed E-state index contributed by atoms with van der Waals surface area (Å²) in [5.74, 6) is 1.34. The molecule has 150 valence electrons. The summed E-state index contributed by atoms with van der Waals surface area (Å²) in [5.41, 5.74) is 1.45. The average molecular weight is 413 g/mol. The Kier molecular flexibility index (Phi) is 5.73. The van der Waals surface area contributed by atoms with Crippen molar-refractivity contribution in [3.05, 3.63) is 64.9 Å².